The Morgan fingerprint density at radius 1 is 1.17 bits per heavy atom. The molecule has 0 unspecified atom stereocenters. The molecule has 0 spiro atoms. The summed E-state index contributed by atoms with van der Waals surface area (Å²) in [7, 11) is 0. The molecule has 1 amide bonds. The van der Waals surface area contributed by atoms with E-state index in [0.29, 0.717) is 11.5 Å². The number of rotatable bonds is 2. The average Bonchev–Trinajstić information content (AvgIpc) is 2.98. The van der Waals surface area contributed by atoms with Crippen LogP contribution in [0.25, 0.3) is 4.96 Å². The van der Waals surface area contributed by atoms with Crippen LogP contribution in [0.15, 0.2) is 24.3 Å². The van der Waals surface area contributed by atoms with E-state index in [1.165, 1.54) is 10.4 Å². The van der Waals surface area contributed by atoms with Crippen LogP contribution in [0, 0.1) is 13.8 Å². The highest BCUT2D eigenvalue weighted by molar-refractivity contribution is 7.17. The minimum atomic E-state index is -0.196. The summed E-state index contributed by atoms with van der Waals surface area (Å²) < 4.78 is 1.76. The Balaban J connectivity index is 1.80. The van der Waals surface area contributed by atoms with Crippen LogP contribution in [0.4, 0.5) is 5.95 Å². The quantitative estimate of drug-likeness (QED) is 0.774. The summed E-state index contributed by atoms with van der Waals surface area (Å²) in [5.74, 6) is 0.141. The normalized spacial score (nSPS) is 11.9. The molecule has 6 heteroatoms. The number of benzene rings is 1. The van der Waals surface area contributed by atoms with E-state index < -0.39 is 0 Å². The summed E-state index contributed by atoms with van der Waals surface area (Å²) in [6.45, 7) is 10.5. The Bertz CT molecular complexity index is 869. The van der Waals surface area contributed by atoms with Crippen LogP contribution < -0.4 is 5.32 Å². The fourth-order valence-electron chi connectivity index (χ4n) is 2.29. The van der Waals surface area contributed by atoms with Crippen molar-refractivity contribution < 1.29 is 4.79 Å². The maximum absolute atomic E-state index is 12.3. The van der Waals surface area contributed by atoms with E-state index >= 15 is 0 Å². The first-order chi connectivity index (χ1) is 10.8. The maximum Gasteiger partial charge on any atom is 0.258 e. The monoisotopic (exact) mass is 328 g/mol. The van der Waals surface area contributed by atoms with Crippen molar-refractivity contribution in [3.8, 4) is 0 Å². The number of aromatic nitrogens is 3. The Labute approximate surface area is 139 Å². The minimum Gasteiger partial charge on any atom is -0.289 e. The summed E-state index contributed by atoms with van der Waals surface area (Å²) in [4.78, 5) is 18.7. The first-order valence-corrected chi connectivity index (χ1v) is 8.32. The molecule has 0 atom stereocenters. The second-order valence-corrected chi connectivity index (χ2v) is 7.84. The van der Waals surface area contributed by atoms with Gasteiger partial charge in [0.05, 0.1) is 5.69 Å². The molecular formula is C17H20N4OS. The predicted octanol–water partition coefficient (Wildman–Crippen LogP) is 3.96. The standard InChI is InChI=1S/C17H20N4OS/c1-10-11(2)23-16-19-15(20-21(10)16)18-14(22)12-6-8-13(9-7-12)17(3,4)5/h6-9H,1-5H3,(H,18,20,22). The summed E-state index contributed by atoms with van der Waals surface area (Å²) in [6.07, 6.45) is 0. The molecule has 2 aromatic heterocycles. The lowest BCUT2D eigenvalue weighted by molar-refractivity contribution is 0.102. The van der Waals surface area contributed by atoms with Crippen LogP contribution in [0.5, 0.6) is 0 Å². The largest absolute Gasteiger partial charge is 0.289 e. The van der Waals surface area contributed by atoms with Gasteiger partial charge in [0.2, 0.25) is 4.96 Å². The number of thiazole rings is 1. The topological polar surface area (TPSA) is 59.3 Å². The van der Waals surface area contributed by atoms with Crippen molar-refractivity contribution >= 4 is 28.2 Å². The van der Waals surface area contributed by atoms with Gasteiger partial charge in [0.1, 0.15) is 0 Å². The second-order valence-electron chi connectivity index (χ2n) is 6.65. The van der Waals surface area contributed by atoms with Crippen molar-refractivity contribution in [3.05, 3.63) is 46.0 Å². The van der Waals surface area contributed by atoms with E-state index in [0.717, 1.165) is 10.7 Å². The summed E-state index contributed by atoms with van der Waals surface area (Å²) in [5.41, 5.74) is 2.91. The molecule has 0 aliphatic carbocycles. The minimum absolute atomic E-state index is 0.0696. The molecule has 120 valence electrons. The number of amides is 1. The predicted molar refractivity (Wildman–Crippen MR) is 93.4 cm³/mol. The number of carbonyl (C=O) groups is 1. The third-order valence-corrected chi connectivity index (χ3v) is 4.94. The number of aryl methyl sites for hydroxylation is 2. The van der Waals surface area contributed by atoms with Crippen LogP contribution in [0.3, 0.4) is 0 Å². The average molecular weight is 328 g/mol. The number of nitrogens with one attached hydrogen (secondary N) is 1. The van der Waals surface area contributed by atoms with Crippen molar-refractivity contribution in [1.82, 2.24) is 14.6 Å². The number of carbonyl (C=O) groups excluding carboxylic acids is 1. The third kappa shape index (κ3) is 2.99. The van der Waals surface area contributed by atoms with Crippen molar-refractivity contribution in [2.24, 2.45) is 0 Å². The zero-order valence-electron chi connectivity index (χ0n) is 14.0. The molecule has 3 rings (SSSR count). The molecule has 0 bridgehead atoms. The fourth-order valence-corrected chi connectivity index (χ4v) is 3.19. The van der Waals surface area contributed by atoms with Gasteiger partial charge in [-0.3, -0.25) is 10.1 Å². The zero-order chi connectivity index (χ0) is 16.8. The maximum atomic E-state index is 12.3. The molecule has 3 aromatic rings. The van der Waals surface area contributed by atoms with Gasteiger partial charge in [0.25, 0.3) is 11.9 Å². The highest BCUT2D eigenvalue weighted by Crippen LogP contribution is 2.23. The highest BCUT2D eigenvalue weighted by atomic mass is 32.1. The smallest absolute Gasteiger partial charge is 0.258 e. The molecule has 0 aliphatic rings. The molecule has 0 saturated carbocycles. The van der Waals surface area contributed by atoms with Gasteiger partial charge in [0.15, 0.2) is 0 Å². The van der Waals surface area contributed by atoms with Gasteiger partial charge in [-0.25, -0.2) is 4.52 Å². The number of anilines is 1. The molecule has 2 heterocycles. The molecule has 0 aliphatic heterocycles. The molecule has 0 radical (unpaired) electrons. The van der Waals surface area contributed by atoms with Gasteiger partial charge in [-0.1, -0.05) is 44.2 Å². The van der Waals surface area contributed by atoms with E-state index in [9.17, 15) is 4.79 Å². The van der Waals surface area contributed by atoms with Crippen LogP contribution in [-0.4, -0.2) is 20.5 Å². The van der Waals surface area contributed by atoms with Crippen LogP contribution in [0.1, 0.15) is 47.3 Å². The SMILES string of the molecule is Cc1sc2nc(NC(=O)c3ccc(C(C)(C)C)cc3)nn2c1C. The van der Waals surface area contributed by atoms with E-state index in [-0.39, 0.29) is 11.3 Å². The Hall–Kier alpha value is -2.21. The molecule has 0 fully saturated rings. The first-order valence-electron chi connectivity index (χ1n) is 7.50. The molecule has 0 saturated heterocycles. The van der Waals surface area contributed by atoms with E-state index in [4.69, 9.17) is 0 Å². The van der Waals surface area contributed by atoms with Crippen molar-refractivity contribution in [2.75, 3.05) is 5.32 Å². The van der Waals surface area contributed by atoms with Gasteiger partial charge in [-0.05, 0) is 37.0 Å². The Morgan fingerprint density at radius 2 is 1.83 bits per heavy atom. The van der Waals surface area contributed by atoms with Crippen molar-refractivity contribution in [3.63, 3.8) is 0 Å². The Morgan fingerprint density at radius 3 is 2.39 bits per heavy atom. The van der Waals surface area contributed by atoms with Crippen molar-refractivity contribution in [1.29, 1.82) is 0 Å². The van der Waals surface area contributed by atoms with Crippen LogP contribution >= 0.6 is 11.3 Å². The van der Waals surface area contributed by atoms with E-state index in [1.807, 2.05) is 38.1 Å². The van der Waals surface area contributed by atoms with Gasteiger partial charge < -0.3 is 0 Å². The number of hydrogen-bond donors (Lipinski definition) is 1. The molecule has 1 aromatic carbocycles. The fraction of sp³-hybridized carbons (Fsp3) is 0.353. The van der Waals surface area contributed by atoms with E-state index in [1.54, 1.807) is 15.9 Å². The lowest BCUT2D eigenvalue weighted by Gasteiger charge is -2.18. The van der Waals surface area contributed by atoms with Crippen LogP contribution in [-0.2, 0) is 5.41 Å². The lowest BCUT2D eigenvalue weighted by atomic mass is 9.87. The van der Waals surface area contributed by atoms with Crippen LogP contribution in [0.2, 0.25) is 0 Å². The van der Waals surface area contributed by atoms with Gasteiger partial charge >= 0.3 is 0 Å². The lowest BCUT2D eigenvalue weighted by Crippen LogP contribution is -2.15. The van der Waals surface area contributed by atoms with Gasteiger partial charge in [-0.2, -0.15) is 4.98 Å². The molecule has 5 nitrogen and oxygen atoms in total. The number of nitrogens with zero attached hydrogens (tertiary/aromatic N) is 3. The number of hydrogen-bond acceptors (Lipinski definition) is 4. The van der Waals surface area contributed by atoms with E-state index in [2.05, 4.69) is 36.2 Å². The molecular weight excluding hydrogens is 308 g/mol. The zero-order valence-corrected chi connectivity index (χ0v) is 14.8. The Kier molecular flexibility index (Phi) is 3.72. The second kappa shape index (κ2) is 5.45. The summed E-state index contributed by atoms with van der Waals surface area (Å²) in [5, 5.41) is 7.10. The summed E-state index contributed by atoms with van der Waals surface area (Å²) in [6, 6.07) is 7.65. The van der Waals surface area contributed by atoms with Gasteiger partial charge in [-0.15, -0.1) is 5.10 Å². The molecule has 23 heavy (non-hydrogen) atoms. The van der Waals surface area contributed by atoms with Gasteiger partial charge in [0, 0.05) is 10.4 Å². The third-order valence-electron chi connectivity index (χ3n) is 3.89. The first kappa shape index (κ1) is 15.7. The summed E-state index contributed by atoms with van der Waals surface area (Å²) >= 11 is 1.57. The van der Waals surface area contributed by atoms with Crippen molar-refractivity contribution in [2.45, 2.75) is 40.0 Å². The molecule has 1 N–H and O–H groups in total. The highest BCUT2D eigenvalue weighted by Gasteiger charge is 2.16. The number of fused-ring (bicyclic) bond motifs is 1.